The number of benzene rings is 2. The van der Waals surface area contributed by atoms with Crippen LogP contribution in [0.3, 0.4) is 0 Å². The van der Waals surface area contributed by atoms with Gasteiger partial charge in [-0.25, -0.2) is 0 Å². The standard InChI is InChI=1S/C23H23NO3/c1-14-5-9-19-18(11-14)17-8-7-16(23(25)22(17)24(19)2)12-15-6-10-20(26-3)21(13-15)27-4/h5-6,9-13H,7-8H2,1-4H3. The van der Waals surface area contributed by atoms with Crippen LogP contribution in [0.5, 0.6) is 11.5 Å². The van der Waals surface area contributed by atoms with E-state index in [4.69, 9.17) is 9.47 Å². The van der Waals surface area contributed by atoms with Gasteiger partial charge >= 0.3 is 0 Å². The van der Waals surface area contributed by atoms with Crippen molar-refractivity contribution in [2.45, 2.75) is 19.8 Å². The first-order valence-corrected chi connectivity index (χ1v) is 9.08. The Bertz CT molecular complexity index is 1090. The second kappa shape index (κ2) is 6.62. The molecule has 3 aromatic rings. The number of ether oxygens (including phenoxy) is 2. The zero-order valence-corrected chi connectivity index (χ0v) is 16.1. The summed E-state index contributed by atoms with van der Waals surface area (Å²) in [6.45, 7) is 2.09. The lowest BCUT2D eigenvalue weighted by Crippen LogP contribution is -2.16. The van der Waals surface area contributed by atoms with Gasteiger partial charge in [0, 0.05) is 23.5 Å². The number of rotatable bonds is 3. The predicted octanol–water partition coefficient (Wildman–Crippen LogP) is 4.72. The molecular formula is C23H23NO3. The lowest BCUT2D eigenvalue weighted by molar-refractivity contribution is 0.101. The summed E-state index contributed by atoms with van der Waals surface area (Å²) in [5, 5.41) is 1.20. The van der Waals surface area contributed by atoms with Gasteiger partial charge in [0.2, 0.25) is 5.78 Å². The Balaban J connectivity index is 1.78. The molecule has 0 radical (unpaired) electrons. The summed E-state index contributed by atoms with van der Waals surface area (Å²) in [7, 11) is 5.21. The van der Waals surface area contributed by atoms with E-state index >= 15 is 0 Å². The summed E-state index contributed by atoms with van der Waals surface area (Å²) < 4.78 is 12.7. The number of Topliss-reactive ketones (excluding diaryl/α,β-unsaturated/α-hetero) is 1. The summed E-state index contributed by atoms with van der Waals surface area (Å²) in [5.41, 5.74) is 6.09. The van der Waals surface area contributed by atoms with Crippen LogP contribution in [0, 0.1) is 6.92 Å². The molecule has 0 atom stereocenters. The molecule has 0 saturated heterocycles. The SMILES string of the molecule is COc1ccc(C=C2CCc3c(n(C)c4ccc(C)cc34)C2=O)cc1OC. The van der Waals surface area contributed by atoms with Crippen LogP contribution in [-0.2, 0) is 13.5 Å². The number of allylic oxidation sites excluding steroid dienone is 1. The van der Waals surface area contributed by atoms with Crippen molar-refractivity contribution >= 4 is 22.8 Å². The number of ketones is 1. The third-order valence-corrected chi connectivity index (χ3v) is 5.36. The first-order chi connectivity index (χ1) is 13.0. The number of hydrogen-bond acceptors (Lipinski definition) is 3. The second-order valence-electron chi connectivity index (χ2n) is 7.02. The fraction of sp³-hybridized carbons (Fsp3) is 0.261. The van der Waals surface area contributed by atoms with Crippen molar-refractivity contribution in [2.75, 3.05) is 14.2 Å². The van der Waals surface area contributed by atoms with Crippen LogP contribution in [0.1, 0.15) is 33.6 Å². The molecule has 0 aliphatic heterocycles. The molecule has 0 fully saturated rings. The van der Waals surface area contributed by atoms with E-state index in [2.05, 4.69) is 25.1 Å². The van der Waals surface area contributed by atoms with Crippen LogP contribution in [0.25, 0.3) is 17.0 Å². The molecule has 138 valence electrons. The molecule has 0 saturated carbocycles. The van der Waals surface area contributed by atoms with E-state index in [1.54, 1.807) is 14.2 Å². The molecule has 0 amide bonds. The zero-order valence-electron chi connectivity index (χ0n) is 16.1. The lowest BCUT2D eigenvalue weighted by Gasteiger charge is -2.16. The third-order valence-electron chi connectivity index (χ3n) is 5.36. The van der Waals surface area contributed by atoms with E-state index in [1.807, 2.05) is 35.9 Å². The van der Waals surface area contributed by atoms with Gasteiger partial charge in [-0.3, -0.25) is 4.79 Å². The number of carbonyl (C=O) groups excluding carboxylic acids is 1. The number of methoxy groups -OCH3 is 2. The van der Waals surface area contributed by atoms with Crippen molar-refractivity contribution in [3.63, 3.8) is 0 Å². The van der Waals surface area contributed by atoms with Gasteiger partial charge < -0.3 is 14.0 Å². The highest BCUT2D eigenvalue weighted by Crippen LogP contribution is 2.35. The van der Waals surface area contributed by atoms with E-state index in [0.29, 0.717) is 11.5 Å². The highest BCUT2D eigenvalue weighted by molar-refractivity contribution is 6.15. The van der Waals surface area contributed by atoms with Crippen LogP contribution in [0.15, 0.2) is 42.0 Å². The Hall–Kier alpha value is -3.01. The minimum absolute atomic E-state index is 0.113. The minimum Gasteiger partial charge on any atom is -0.493 e. The molecule has 1 aliphatic carbocycles. The third kappa shape index (κ3) is 2.81. The minimum atomic E-state index is 0.113. The van der Waals surface area contributed by atoms with Crippen LogP contribution in [0.4, 0.5) is 0 Å². The molecule has 0 spiro atoms. The normalized spacial score (nSPS) is 15.3. The summed E-state index contributed by atoms with van der Waals surface area (Å²) in [5.74, 6) is 1.46. The number of aromatic nitrogens is 1. The number of aryl methyl sites for hydroxylation is 3. The molecule has 0 unspecified atom stereocenters. The van der Waals surface area contributed by atoms with Gasteiger partial charge in [-0.15, -0.1) is 0 Å². The lowest BCUT2D eigenvalue weighted by atomic mass is 9.89. The fourth-order valence-corrected chi connectivity index (χ4v) is 3.98. The number of fused-ring (bicyclic) bond motifs is 3. The largest absolute Gasteiger partial charge is 0.493 e. The van der Waals surface area contributed by atoms with E-state index in [1.165, 1.54) is 16.5 Å². The second-order valence-corrected chi connectivity index (χ2v) is 7.02. The summed E-state index contributed by atoms with van der Waals surface area (Å²) in [6.07, 6.45) is 3.59. The highest BCUT2D eigenvalue weighted by atomic mass is 16.5. The molecule has 0 N–H and O–H groups in total. The van der Waals surface area contributed by atoms with E-state index in [-0.39, 0.29) is 5.78 Å². The van der Waals surface area contributed by atoms with Gasteiger partial charge in [0.05, 0.1) is 19.9 Å². The first-order valence-electron chi connectivity index (χ1n) is 9.08. The quantitative estimate of drug-likeness (QED) is 0.634. The molecule has 1 heterocycles. The maximum absolute atomic E-state index is 13.2. The Labute approximate surface area is 159 Å². The van der Waals surface area contributed by atoms with E-state index < -0.39 is 0 Å². The first kappa shape index (κ1) is 17.4. The van der Waals surface area contributed by atoms with Crippen LogP contribution in [0.2, 0.25) is 0 Å². The van der Waals surface area contributed by atoms with Gasteiger partial charge in [0.1, 0.15) is 0 Å². The number of nitrogens with zero attached hydrogens (tertiary/aromatic N) is 1. The molecule has 27 heavy (non-hydrogen) atoms. The summed E-state index contributed by atoms with van der Waals surface area (Å²) >= 11 is 0. The van der Waals surface area contributed by atoms with Crippen LogP contribution in [-0.4, -0.2) is 24.6 Å². The molecule has 4 heteroatoms. The van der Waals surface area contributed by atoms with Crippen LogP contribution >= 0.6 is 0 Å². The van der Waals surface area contributed by atoms with Crippen molar-refractivity contribution in [3.8, 4) is 11.5 Å². The van der Waals surface area contributed by atoms with E-state index in [9.17, 15) is 4.79 Å². The molecular weight excluding hydrogens is 338 g/mol. The highest BCUT2D eigenvalue weighted by Gasteiger charge is 2.28. The van der Waals surface area contributed by atoms with Gasteiger partial charge in [-0.1, -0.05) is 17.7 Å². The Kier molecular flexibility index (Phi) is 4.27. The number of carbonyl (C=O) groups is 1. The zero-order chi connectivity index (χ0) is 19.1. The molecule has 4 nitrogen and oxygen atoms in total. The molecule has 0 bridgehead atoms. The summed E-state index contributed by atoms with van der Waals surface area (Å²) in [4.78, 5) is 13.2. The Morgan fingerprint density at radius 1 is 1.00 bits per heavy atom. The van der Waals surface area contributed by atoms with Crippen molar-refractivity contribution in [2.24, 2.45) is 7.05 Å². The molecule has 1 aliphatic rings. The van der Waals surface area contributed by atoms with Gasteiger partial charge in [0.15, 0.2) is 11.5 Å². The maximum Gasteiger partial charge on any atom is 0.205 e. The topological polar surface area (TPSA) is 40.5 Å². The van der Waals surface area contributed by atoms with Crippen molar-refractivity contribution in [1.29, 1.82) is 0 Å². The molecule has 1 aromatic heterocycles. The van der Waals surface area contributed by atoms with E-state index in [0.717, 1.165) is 35.2 Å². The Morgan fingerprint density at radius 3 is 2.52 bits per heavy atom. The number of hydrogen-bond donors (Lipinski definition) is 0. The predicted molar refractivity (Wildman–Crippen MR) is 108 cm³/mol. The fourth-order valence-electron chi connectivity index (χ4n) is 3.98. The average molecular weight is 361 g/mol. The van der Waals surface area contributed by atoms with Gasteiger partial charge in [-0.05, 0) is 61.2 Å². The monoisotopic (exact) mass is 361 g/mol. The average Bonchev–Trinajstić information content (AvgIpc) is 2.96. The van der Waals surface area contributed by atoms with Crippen LogP contribution < -0.4 is 9.47 Å². The molecule has 2 aromatic carbocycles. The maximum atomic E-state index is 13.2. The van der Waals surface area contributed by atoms with Crippen molar-refractivity contribution in [3.05, 3.63) is 64.4 Å². The van der Waals surface area contributed by atoms with Crippen molar-refractivity contribution in [1.82, 2.24) is 4.57 Å². The summed E-state index contributed by atoms with van der Waals surface area (Å²) in [6, 6.07) is 12.1. The molecule has 4 rings (SSSR count). The smallest absolute Gasteiger partial charge is 0.205 e. The van der Waals surface area contributed by atoms with Gasteiger partial charge in [0.25, 0.3) is 0 Å². The Morgan fingerprint density at radius 2 is 1.78 bits per heavy atom. The van der Waals surface area contributed by atoms with Crippen molar-refractivity contribution < 1.29 is 14.3 Å². The van der Waals surface area contributed by atoms with Gasteiger partial charge in [-0.2, -0.15) is 0 Å².